The molecule has 0 unspecified atom stereocenters. The van der Waals surface area contributed by atoms with E-state index in [4.69, 9.17) is 0 Å². The van der Waals surface area contributed by atoms with Gasteiger partial charge in [0, 0.05) is 26.2 Å². The molecule has 0 N–H and O–H groups in total. The lowest BCUT2D eigenvalue weighted by Gasteiger charge is -2.26. The number of nitrogens with zero attached hydrogens (tertiary/aromatic N) is 2. The van der Waals surface area contributed by atoms with Crippen molar-refractivity contribution >= 4 is 0 Å². The van der Waals surface area contributed by atoms with Gasteiger partial charge >= 0.3 is 0 Å². The first-order valence-corrected chi connectivity index (χ1v) is 10.3. The average molecular weight is 355 g/mol. The van der Waals surface area contributed by atoms with Crippen LogP contribution in [-0.4, -0.2) is 36.0 Å². The van der Waals surface area contributed by atoms with E-state index in [0.717, 1.165) is 45.7 Å². The van der Waals surface area contributed by atoms with Gasteiger partial charge in [-0.2, -0.15) is 0 Å². The first-order valence-electron chi connectivity index (χ1n) is 10.3. The molecule has 0 amide bonds. The molecule has 0 aliphatic carbocycles. The number of hydrogen-bond donors (Lipinski definition) is 0. The molecule has 2 heteroatoms. The highest BCUT2D eigenvalue weighted by Crippen LogP contribution is 2.12. The molecule has 0 spiro atoms. The van der Waals surface area contributed by atoms with Crippen LogP contribution in [0.5, 0.6) is 0 Å². The largest absolute Gasteiger partial charge is 0.303 e. The molecule has 0 aromatic heterocycles. The lowest BCUT2D eigenvalue weighted by atomic mass is 10.1. The molecule has 2 aromatic rings. The molecule has 0 fully saturated rings. The van der Waals surface area contributed by atoms with Crippen LogP contribution in [0.2, 0.25) is 0 Å². The molecule has 26 heavy (non-hydrogen) atoms. The first kappa shape index (κ1) is 22.4. The second kappa shape index (κ2) is 13.5. The molecule has 0 saturated heterocycles. The van der Waals surface area contributed by atoms with Crippen LogP contribution in [0.3, 0.4) is 0 Å². The average Bonchev–Trinajstić information content (AvgIpc) is 2.71. The molecule has 0 bridgehead atoms. The van der Waals surface area contributed by atoms with Crippen LogP contribution in [0.4, 0.5) is 0 Å². The normalized spacial score (nSPS) is 10.7. The molecule has 0 aliphatic rings. The molecule has 2 rings (SSSR count). The van der Waals surface area contributed by atoms with Gasteiger partial charge in [-0.1, -0.05) is 89.2 Å². The van der Waals surface area contributed by atoms with Crippen LogP contribution in [0.25, 0.3) is 0 Å². The van der Waals surface area contributed by atoms with Crippen LogP contribution in [0.1, 0.15) is 51.3 Å². The molecule has 0 heterocycles. The summed E-state index contributed by atoms with van der Waals surface area (Å²) < 4.78 is 0. The van der Waals surface area contributed by atoms with E-state index in [2.05, 4.69) is 85.2 Å². The SMILES string of the molecule is CC.CCc1cccc(CN(CCN(CC)CC)Cc2ccccc2)c1. The highest BCUT2D eigenvalue weighted by atomic mass is 15.2. The molecule has 0 aliphatic heterocycles. The fourth-order valence-electron chi connectivity index (χ4n) is 3.08. The van der Waals surface area contributed by atoms with Gasteiger partial charge in [-0.25, -0.2) is 0 Å². The summed E-state index contributed by atoms with van der Waals surface area (Å²) in [6, 6.07) is 19.9. The Morgan fingerprint density at radius 1 is 0.615 bits per heavy atom. The Morgan fingerprint density at radius 3 is 1.77 bits per heavy atom. The number of aryl methyl sites for hydroxylation is 1. The van der Waals surface area contributed by atoms with Crippen molar-refractivity contribution in [2.45, 2.75) is 54.1 Å². The molecule has 2 aromatic carbocycles. The van der Waals surface area contributed by atoms with Gasteiger partial charge in [0.1, 0.15) is 0 Å². The van der Waals surface area contributed by atoms with Crippen molar-refractivity contribution < 1.29 is 0 Å². The highest BCUT2D eigenvalue weighted by Gasteiger charge is 2.09. The highest BCUT2D eigenvalue weighted by molar-refractivity contribution is 5.23. The zero-order valence-electron chi connectivity index (χ0n) is 17.5. The van der Waals surface area contributed by atoms with E-state index in [1.54, 1.807) is 0 Å². The number of likely N-dealkylation sites (N-methyl/N-ethyl adjacent to an activating group) is 1. The summed E-state index contributed by atoms with van der Waals surface area (Å²) in [5.74, 6) is 0. The van der Waals surface area contributed by atoms with Crippen molar-refractivity contribution in [2.75, 3.05) is 26.2 Å². The standard InChI is InChI=1S/C22H32N2.C2H6/c1-4-20-13-10-14-22(17-20)19-24(16-15-23(5-2)6-3)18-21-11-8-7-9-12-21;1-2/h7-14,17H,4-6,15-16,18-19H2,1-3H3;1-2H3. The van der Waals surface area contributed by atoms with Crippen molar-refractivity contribution in [3.63, 3.8) is 0 Å². The van der Waals surface area contributed by atoms with Gasteiger partial charge in [0.05, 0.1) is 0 Å². The van der Waals surface area contributed by atoms with E-state index in [1.165, 1.54) is 16.7 Å². The second-order valence-electron chi connectivity index (χ2n) is 6.40. The third-order valence-corrected chi connectivity index (χ3v) is 4.68. The predicted octanol–water partition coefficient (Wildman–Crippen LogP) is 5.62. The smallest absolute Gasteiger partial charge is 0.0237 e. The van der Waals surface area contributed by atoms with Gasteiger partial charge in [0.15, 0.2) is 0 Å². The lowest BCUT2D eigenvalue weighted by molar-refractivity contribution is 0.202. The first-order chi connectivity index (χ1) is 12.7. The molecule has 2 nitrogen and oxygen atoms in total. The lowest BCUT2D eigenvalue weighted by Crippen LogP contribution is -2.34. The van der Waals surface area contributed by atoms with E-state index in [0.29, 0.717) is 0 Å². The fraction of sp³-hybridized carbons (Fsp3) is 0.500. The Hall–Kier alpha value is -1.64. The van der Waals surface area contributed by atoms with Crippen molar-refractivity contribution in [3.8, 4) is 0 Å². The van der Waals surface area contributed by atoms with Crippen LogP contribution < -0.4 is 0 Å². The van der Waals surface area contributed by atoms with E-state index >= 15 is 0 Å². The zero-order chi connectivity index (χ0) is 19.2. The van der Waals surface area contributed by atoms with Crippen molar-refractivity contribution in [1.29, 1.82) is 0 Å². The third kappa shape index (κ3) is 8.16. The molecular weight excluding hydrogens is 316 g/mol. The Bertz CT molecular complexity index is 576. The zero-order valence-corrected chi connectivity index (χ0v) is 17.5. The molecule has 0 radical (unpaired) electrons. The van der Waals surface area contributed by atoms with Crippen LogP contribution >= 0.6 is 0 Å². The van der Waals surface area contributed by atoms with Crippen molar-refractivity contribution in [2.24, 2.45) is 0 Å². The topological polar surface area (TPSA) is 6.48 Å². The number of hydrogen-bond acceptors (Lipinski definition) is 2. The van der Waals surface area contributed by atoms with Gasteiger partial charge in [-0.3, -0.25) is 4.90 Å². The van der Waals surface area contributed by atoms with Crippen LogP contribution in [0, 0.1) is 0 Å². The minimum Gasteiger partial charge on any atom is -0.303 e. The third-order valence-electron chi connectivity index (χ3n) is 4.68. The Labute approximate surface area is 161 Å². The maximum atomic E-state index is 2.57. The summed E-state index contributed by atoms with van der Waals surface area (Å²) in [6.07, 6.45) is 1.10. The monoisotopic (exact) mass is 354 g/mol. The number of rotatable bonds is 10. The van der Waals surface area contributed by atoms with Gasteiger partial charge < -0.3 is 4.90 Å². The molecule has 0 atom stereocenters. The fourth-order valence-corrected chi connectivity index (χ4v) is 3.08. The van der Waals surface area contributed by atoms with Gasteiger partial charge in [0.2, 0.25) is 0 Å². The minimum atomic E-state index is 1.01. The summed E-state index contributed by atoms with van der Waals surface area (Å²) in [7, 11) is 0. The molecular formula is C24H38N2. The predicted molar refractivity (Wildman–Crippen MR) is 116 cm³/mol. The van der Waals surface area contributed by atoms with Crippen LogP contribution in [0.15, 0.2) is 54.6 Å². The van der Waals surface area contributed by atoms with E-state index in [1.807, 2.05) is 13.8 Å². The summed E-state index contributed by atoms with van der Waals surface area (Å²) >= 11 is 0. The van der Waals surface area contributed by atoms with Crippen molar-refractivity contribution in [1.82, 2.24) is 9.80 Å². The Morgan fingerprint density at radius 2 is 1.15 bits per heavy atom. The van der Waals surface area contributed by atoms with E-state index < -0.39 is 0 Å². The van der Waals surface area contributed by atoms with Crippen molar-refractivity contribution in [3.05, 3.63) is 71.3 Å². The van der Waals surface area contributed by atoms with Gasteiger partial charge in [-0.15, -0.1) is 0 Å². The van der Waals surface area contributed by atoms with Gasteiger partial charge in [-0.05, 0) is 36.2 Å². The maximum Gasteiger partial charge on any atom is 0.0237 e. The van der Waals surface area contributed by atoms with Crippen LogP contribution in [-0.2, 0) is 19.5 Å². The quantitative estimate of drug-likeness (QED) is 0.546. The maximum absolute atomic E-state index is 2.57. The molecule has 144 valence electrons. The molecule has 0 saturated carbocycles. The Kier molecular flexibility index (Phi) is 11.7. The Balaban J connectivity index is 0.00000163. The summed E-state index contributed by atoms with van der Waals surface area (Å²) in [5.41, 5.74) is 4.24. The van der Waals surface area contributed by atoms with Gasteiger partial charge in [0.25, 0.3) is 0 Å². The second-order valence-corrected chi connectivity index (χ2v) is 6.40. The number of benzene rings is 2. The summed E-state index contributed by atoms with van der Waals surface area (Å²) in [6.45, 7) is 17.2. The summed E-state index contributed by atoms with van der Waals surface area (Å²) in [4.78, 5) is 5.07. The minimum absolute atomic E-state index is 1.01. The van der Waals surface area contributed by atoms with E-state index in [9.17, 15) is 0 Å². The van der Waals surface area contributed by atoms with E-state index in [-0.39, 0.29) is 0 Å². The summed E-state index contributed by atoms with van der Waals surface area (Å²) in [5, 5.41) is 0.